The minimum atomic E-state index is 0.617. The molecule has 0 aliphatic carbocycles. The molecule has 0 amide bonds. The maximum absolute atomic E-state index is 8.32. The largest absolute Gasteiger partial charge is 0.248 e. The van der Waals surface area contributed by atoms with Gasteiger partial charge in [-0.2, -0.15) is 5.26 Å². The maximum Gasteiger partial charge on any atom is 0.248 e. The molecule has 0 radical (unpaired) electrons. The number of hydrogen-bond acceptors (Lipinski definition) is 1. The van der Waals surface area contributed by atoms with Gasteiger partial charge in [0.2, 0.25) is 6.33 Å². The molecule has 1 aromatic heterocycles. The molecule has 0 aliphatic rings. The summed E-state index contributed by atoms with van der Waals surface area (Å²) in [6.45, 7) is 4.54. The molecular formula is C9H12N3+. The van der Waals surface area contributed by atoms with E-state index in [0.717, 1.165) is 13.0 Å². The lowest BCUT2D eigenvalue weighted by molar-refractivity contribution is -0.696. The van der Waals surface area contributed by atoms with Crippen molar-refractivity contribution in [3.8, 4) is 6.07 Å². The molecule has 1 heterocycles. The highest BCUT2D eigenvalue weighted by Crippen LogP contribution is 1.88. The van der Waals surface area contributed by atoms with Gasteiger partial charge in [0.25, 0.3) is 0 Å². The summed E-state index contributed by atoms with van der Waals surface area (Å²) in [6, 6.07) is 2.12. The summed E-state index contributed by atoms with van der Waals surface area (Å²) in [6.07, 6.45) is 9.11. The molecule has 1 rings (SSSR count). The highest BCUT2D eigenvalue weighted by atomic mass is 15.1. The van der Waals surface area contributed by atoms with Crippen molar-refractivity contribution in [1.29, 1.82) is 5.26 Å². The summed E-state index contributed by atoms with van der Waals surface area (Å²) in [7, 11) is 0. The van der Waals surface area contributed by atoms with Crippen molar-refractivity contribution in [1.82, 2.24) is 4.57 Å². The average Bonchev–Trinajstić information content (AvgIpc) is 2.53. The van der Waals surface area contributed by atoms with Gasteiger partial charge in [-0.25, -0.2) is 9.13 Å². The van der Waals surface area contributed by atoms with Crippen molar-refractivity contribution in [3.05, 3.63) is 25.3 Å². The first-order chi connectivity index (χ1) is 5.86. The lowest BCUT2D eigenvalue weighted by atomic mass is 10.3. The van der Waals surface area contributed by atoms with Crippen LogP contribution in [-0.2, 0) is 6.54 Å². The summed E-state index contributed by atoms with van der Waals surface area (Å²) in [4.78, 5) is 0. The van der Waals surface area contributed by atoms with Gasteiger partial charge >= 0.3 is 0 Å². The monoisotopic (exact) mass is 162 g/mol. The molecule has 12 heavy (non-hydrogen) atoms. The van der Waals surface area contributed by atoms with Crippen molar-refractivity contribution < 1.29 is 4.57 Å². The van der Waals surface area contributed by atoms with Gasteiger partial charge in [-0.15, -0.1) is 0 Å². The Kier molecular flexibility index (Phi) is 3.09. The Morgan fingerprint density at radius 2 is 2.50 bits per heavy atom. The van der Waals surface area contributed by atoms with Gasteiger partial charge in [-0.3, -0.25) is 0 Å². The summed E-state index contributed by atoms with van der Waals surface area (Å²) < 4.78 is 3.92. The topological polar surface area (TPSA) is 32.6 Å². The molecule has 0 saturated carbocycles. The molecule has 0 fully saturated rings. The molecule has 0 aliphatic heterocycles. The molecule has 0 atom stereocenters. The molecule has 1 aromatic rings. The number of rotatable bonds is 4. The van der Waals surface area contributed by atoms with Gasteiger partial charge in [-0.05, 0) is 6.42 Å². The van der Waals surface area contributed by atoms with Gasteiger partial charge in [0.05, 0.1) is 18.8 Å². The van der Waals surface area contributed by atoms with E-state index in [1.54, 1.807) is 6.20 Å². The third-order valence-corrected chi connectivity index (χ3v) is 1.63. The standard InChI is InChI=1S/C9H12N3/c1-2-11-7-8-12(9-11)6-4-3-5-10/h2,7-9H,1,3-4,6H2/q+1. The summed E-state index contributed by atoms with van der Waals surface area (Å²) in [5, 5.41) is 8.32. The Hall–Kier alpha value is -1.56. The second-order valence-electron chi connectivity index (χ2n) is 2.54. The lowest BCUT2D eigenvalue weighted by Gasteiger charge is -1.89. The molecule has 0 saturated heterocycles. The van der Waals surface area contributed by atoms with Gasteiger partial charge in [-0.1, -0.05) is 6.58 Å². The Morgan fingerprint density at radius 1 is 1.67 bits per heavy atom. The predicted molar refractivity (Wildman–Crippen MR) is 45.9 cm³/mol. The zero-order chi connectivity index (χ0) is 8.81. The number of nitrogens with zero attached hydrogens (tertiary/aromatic N) is 3. The van der Waals surface area contributed by atoms with E-state index in [1.165, 1.54) is 0 Å². The SMILES string of the molecule is C=Cn1cc[n+](CCCC#N)c1. The zero-order valence-electron chi connectivity index (χ0n) is 6.98. The molecule has 0 bridgehead atoms. The average molecular weight is 162 g/mol. The van der Waals surface area contributed by atoms with E-state index in [-0.39, 0.29) is 0 Å². The third kappa shape index (κ3) is 2.24. The summed E-state index contributed by atoms with van der Waals surface area (Å²) in [5.74, 6) is 0. The Labute approximate surface area is 72.2 Å². The normalized spacial score (nSPS) is 9.25. The van der Waals surface area contributed by atoms with Crippen LogP contribution < -0.4 is 4.57 Å². The molecule has 62 valence electrons. The molecule has 0 spiro atoms. The van der Waals surface area contributed by atoms with Crippen molar-refractivity contribution in [2.24, 2.45) is 0 Å². The number of nitriles is 1. The van der Waals surface area contributed by atoms with Crippen LogP contribution in [0.1, 0.15) is 12.8 Å². The number of imidazole rings is 1. The number of aromatic nitrogens is 2. The second-order valence-corrected chi connectivity index (χ2v) is 2.54. The van der Waals surface area contributed by atoms with Crippen LogP contribution in [0.4, 0.5) is 0 Å². The smallest absolute Gasteiger partial charge is 0.236 e. The highest BCUT2D eigenvalue weighted by molar-refractivity contribution is 5.12. The summed E-state index contributed by atoms with van der Waals surface area (Å²) in [5.41, 5.74) is 0. The number of aryl methyl sites for hydroxylation is 1. The van der Waals surface area contributed by atoms with Crippen molar-refractivity contribution in [2.75, 3.05) is 0 Å². The van der Waals surface area contributed by atoms with Crippen LogP contribution in [0.2, 0.25) is 0 Å². The number of unbranched alkanes of at least 4 members (excludes halogenated alkanes) is 1. The van der Waals surface area contributed by atoms with E-state index in [1.807, 2.05) is 27.9 Å². The third-order valence-electron chi connectivity index (χ3n) is 1.63. The van der Waals surface area contributed by atoms with E-state index in [4.69, 9.17) is 5.26 Å². The zero-order valence-corrected chi connectivity index (χ0v) is 6.98. The Morgan fingerprint density at radius 3 is 3.08 bits per heavy atom. The van der Waals surface area contributed by atoms with Crippen molar-refractivity contribution in [2.45, 2.75) is 19.4 Å². The number of hydrogen-bond donors (Lipinski definition) is 0. The molecule has 0 N–H and O–H groups in total. The van der Waals surface area contributed by atoms with E-state index in [2.05, 4.69) is 12.6 Å². The predicted octanol–water partition coefficient (Wildman–Crippen LogP) is 1.18. The van der Waals surface area contributed by atoms with Crippen molar-refractivity contribution >= 4 is 6.20 Å². The van der Waals surface area contributed by atoms with Gasteiger partial charge in [0.1, 0.15) is 12.4 Å². The van der Waals surface area contributed by atoms with E-state index in [9.17, 15) is 0 Å². The van der Waals surface area contributed by atoms with Crippen LogP contribution in [0, 0.1) is 11.3 Å². The Bertz CT molecular complexity index is 293. The highest BCUT2D eigenvalue weighted by Gasteiger charge is 1.98. The van der Waals surface area contributed by atoms with Gasteiger partial charge in [0.15, 0.2) is 0 Å². The van der Waals surface area contributed by atoms with Gasteiger partial charge in [0, 0.05) is 6.42 Å². The second kappa shape index (κ2) is 4.35. The van der Waals surface area contributed by atoms with Crippen LogP contribution in [0.15, 0.2) is 25.3 Å². The van der Waals surface area contributed by atoms with E-state index >= 15 is 0 Å². The molecule has 3 nitrogen and oxygen atoms in total. The van der Waals surface area contributed by atoms with E-state index < -0.39 is 0 Å². The molecule has 0 unspecified atom stereocenters. The lowest BCUT2D eigenvalue weighted by Crippen LogP contribution is -2.30. The first-order valence-corrected chi connectivity index (χ1v) is 3.93. The molecule has 3 heteroatoms. The first-order valence-electron chi connectivity index (χ1n) is 3.93. The van der Waals surface area contributed by atoms with Crippen LogP contribution >= 0.6 is 0 Å². The van der Waals surface area contributed by atoms with Gasteiger partial charge < -0.3 is 0 Å². The van der Waals surface area contributed by atoms with Crippen LogP contribution in [-0.4, -0.2) is 4.57 Å². The Balaban J connectivity index is 2.42. The fourth-order valence-electron chi connectivity index (χ4n) is 0.992. The first kappa shape index (κ1) is 8.54. The summed E-state index contributed by atoms with van der Waals surface area (Å²) >= 11 is 0. The minimum absolute atomic E-state index is 0.617. The quantitative estimate of drug-likeness (QED) is 0.483. The maximum atomic E-state index is 8.32. The fourth-order valence-corrected chi connectivity index (χ4v) is 0.992. The van der Waals surface area contributed by atoms with Crippen LogP contribution in [0.25, 0.3) is 6.20 Å². The minimum Gasteiger partial charge on any atom is -0.236 e. The van der Waals surface area contributed by atoms with Crippen LogP contribution in [0.5, 0.6) is 0 Å². The molecular weight excluding hydrogens is 150 g/mol. The fraction of sp³-hybridized carbons (Fsp3) is 0.333. The van der Waals surface area contributed by atoms with E-state index in [0.29, 0.717) is 6.42 Å². The molecule has 0 aromatic carbocycles. The van der Waals surface area contributed by atoms with Crippen LogP contribution in [0.3, 0.4) is 0 Å². The van der Waals surface area contributed by atoms with Crippen molar-refractivity contribution in [3.63, 3.8) is 0 Å².